The van der Waals surface area contributed by atoms with E-state index in [1.807, 2.05) is 0 Å². The molecule has 360 valence electrons. The van der Waals surface area contributed by atoms with Crippen LogP contribution in [0.25, 0.3) is 0 Å². The lowest BCUT2D eigenvalue weighted by Crippen LogP contribution is -2.31. The lowest BCUT2D eigenvalue weighted by molar-refractivity contribution is 0.0724. The van der Waals surface area contributed by atoms with Gasteiger partial charge in [-0.25, -0.2) is 31.3 Å². The maximum absolute atomic E-state index is 12.4. The molecule has 0 amide bonds. The molecule has 2 heterocycles. The van der Waals surface area contributed by atoms with Gasteiger partial charge >= 0.3 is 0 Å². The number of sulfonamides is 1. The molecule has 21 heteroatoms. The van der Waals surface area contributed by atoms with Crippen LogP contribution in [0, 0.1) is 0 Å². The fourth-order valence-electron chi connectivity index (χ4n) is 8.63. The van der Waals surface area contributed by atoms with Crippen LogP contribution in [0.4, 0.5) is 23.3 Å². The Bertz CT molecular complexity index is 2460. The van der Waals surface area contributed by atoms with E-state index in [2.05, 4.69) is 72.4 Å². The summed E-state index contributed by atoms with van der Waals surface area (Å²) in [5.41, 5.74) is 16.6. The molecule has 4 aromatic rings. The first kappa shape index (κ1) is 50.9. The maximum atomic E-state index is 12.4. The van der Waals surface area contributed by atoms with Crippen molar-refractivity contribution in [2.45, 2.75) is 172 Å². The number of hydrogen-bond donors (Lipinski definition) is 7. The summed E-state index contributed by atoms with van der Waals surface area (Å²) in [6.07, 6.45) is 14.0. The van der Waals surface area contributed by atoms with Gasteiger partial charge in [-0.05, 0) is 175 Å². The van der Waals surface area contributed by atoms with E-state index in [1.54, 1.807) is 27.7 Å². The summed E-state index contributed by atoms with van der Waals surface area (Å²) < 4.78 is 58.2. The van der Waals surface area contributed by atoms with Gasteiger partial charge in [-0.3, -0.25) is 0 Å². The highest BCUT2D eigenvalue weighted by atomic mass is 35.7. The van der Waals surface area contributed by atoms with Gasteiger partial charge in [0.05, 0.1) is 11.2 Å². The molecule has 2 aromatic carbocycles. The highest BCUT2D eigenvalue weighted by Gasteiger charge is 2.29. The van der Waals surface area contributed by atoms with E-state index in [1.165, 1.54) is 49.2 Å². The number of hydrogen-bond acceptors (Lipinski definition) is 14. The van der Waals surface area contributed by atoms with Crippen molar-refractivity contribution in [1.29, 1.82) is 0 Å². The molecule has 0 aliphatic heterocycles. The molecule has 0 spiro atoms. The van der Waals surface area contributed by atoms with Gasteiger partial charge in [-0.15, -0.1) is 10.2 Å². The minimum atomic E-state index is -4.03. The van der Waals surface area contributed by atoms with E-state index in [0.29, 0.717) is 31.9 Å². The van der Waals surface area contributed by atoms with Crippen LogP contribution in [0.15, 0.2) is 22.4 Å². The fraction of sp³-hybridized carbons (Fsp3) is 0.636. The molecule has 0 fully saturated rings. The van der Waals surface area contributed by atoms with Crippen molar-refractivity contribution in [2.75, 3.05) is 30.3 Å². The average molecular weight is 978 g/mol. The third-order valence-electron chi connectivity index (χ3n) is 12.0. The Kier molecular flexibility index (Phi) is 16.3. The second-order valence-electron chi connectivity index (χ2n) is 20.0. The van der Waals surface area contributed by atoms with Crippen LogP contribution in [0.3, 0.4) is 0 Å². The van der Waals surface area contributed by atoms with Crippen molar-refractivity contribution < 1.29 is 31.8 Å². The Morgan fingerprint density at radius 1 is 0.785 bits per heavy atom. The van der Waals surface area contributed by atoms with Crippen molar-refractivity contribution >= 4 is 61.1 Å². The lowest BCUT2D eigenvalue weighted by Gasteiger charge is -2.18. The summed E-state index contributed by atoms with van der Waals surface area (Å²) in [5.74, 6) is 0.619. The Balaban J connectivity index is 0.000000188. The van der Waals surface area contributed by atoms with E-state index in [0.717, 1.165) is 94.5 Å². The number of aryl methyl sites for hydroxylation is 4. The van der Waals surface area contributed by atoms with Crippen molar-refractivity contribution in [2.24, 2.45) is 5.73 Å². The van der Waals surface area contributed by atoms with Crippen LogP contribution in [0.5, 0.6) is 0 Å². The molecule has 0 saturated heterocycles. The van der Waals surface area contributed by atoms with Gasteiger partial charge in [0.1, 0.15) is 6.73 Å². The standard InChI is InChI=1S/C20H29ClN4O3SSi.C19H27N5O3S.C5H13NO/c1-30(2,3)11-10-28-13-25-19(23-20(24-25)29(21,26)27)22-18-16-8-4-6-14(16)12-15-7-5-9-17(15)18;1-19(2,25)9-10-20-28(26,27)18-22-17(23-24-18)21-16-14-7-3-5-12(14)11-13-6-4-8-15(13)16;1-5(2,7)3-4-6/h12H,4-11,13H2,1-3H3,(H,22,23,24);11,20,25H,3-10H2,1-2H3,(H2,21,22,23,24);7H,3-4,6H2,1-2H3. The number of aromatic nitrogens is 6. The lowest BCUT2D eigenvalue weighted by atomic mass is 9.99. The number of halogens is 1. The number of aromatic amines is 1. The molecule has 8 rings (SSSR count). The van der Waals surface area contributed by atoms with E-state index in [-0.39, 0.29) is 24.4 Å². The molecule has 8 N–H and O–H groups in total. The second-order valence-corrected chi connectivity index (χ2v) is 29.8. The quantitative estimate of drug-likeness (QED) is 0.0348. The molecule has 0 radical (unpaired) electrons. The molecule has 0 unspecified atom stereocenters. The Hall–Kier alpha value is -3.47. The number of aliphatic hydroxyl groups is 2. The number of fused-ring (bicyclic) bond motifs is 4. The number of H-pyrrole nitrogens is 1. The number of rotatable bonds is 17. The van der Waals surface area contributed by atoms with Crippen molar-refractivity contribution in [3.05, 3.63) is 56.6 Å². The monoisotopic (exact) mass is 976 g/mol. The molecular weight excluding hydrogens is 908 g/mol. The Morgan fingerprint density at radius 3 is 1.71 bits per heavy atom. The van der Waals surface area contributed by atoms with Crippen molar-refractivity contribution in [3.63, 3.8) is 0 Å². The number of nitrogens with two attached hydrogens (primary N) is 1. The molecule has 4 aliphatic carbocycles. The summed E-state index contributed by atoms with van der Waals surface area (Å²) in [5, 5.41) is 35.4. The number of anilines is 4. The molecule has 0 saturated carbocycles. The summed E-state index contributed by atoms with van der Waals surface area (Å²) in [4.78, 5) is 8.36. The number of ether oxygens (including phenoxy) is 1. The molecule has 17 nitrogen and oxygen atoms in total. The minimum absolute atomic E-state index is 0.120. The van der Waals surface area contributed by atoms with Gasteiger partial charge in [0.2, 0.25) is 11.9 Å². The number of nitrogens with one attached hydrogen (secondary N) is 4. The molecule has 4 aliphatic rings. The van der Waals surface area contributed by atoms with Gasteiger partial charge in [0.25, 0.3) is 29.4 Å². The third kappa shape index (κ3) is 14.0. The SMILES string of the molecule is CC(C)(O)CCN.CC(C)(O)CCNS(=O)(=O)c1nc(Nc2c3c(cc4c2CCC4)CCC3)n[nH]1.C[Si](C)(C)CCOCn1nc(S(=O)(=O)Cl)nc1Nc1c2c(cc3c1CCC3)CCC2. The highest BCUT2D eigenvalue weighted by Crippen LogP contribution is 2.41. The predicted octanol–water partition coefficient (Wildman–Crippen LogP) is 6.31. The molecule has 0 bridgehead atoms. The third-order valence-corrected chi connectivity index (χ3v) is 16.0. The smallest absolute Gasteiger partial charge is 0.298 e. The first-order chi connectivity index (χ1) is 30.4. The van der Waals surface area contributed by atoms with Crippen LogP contribution >= 0.6 is 10.7 Å². The first-order valence-electron chi connectivity index (χ1n) is 22.8. The highest BCUT2D eigenvalue weighted by molar-refractivity contribution is 8.13. The summed E-state index contributed by atoms with van der Waals surface area (Å²) in [7, 11) is -3.54. The number of benzene rings is 2. The van der Waals surface area contributed by atoms with E-state index in [9.17, 15) is 21.9 Å². The normalized spacial score (nSPS) is 15.7. The first-order valence-corrected chi connectivity index (χ1v) is 30.3. The maximum Gasteiger partial charge on any atom is 0.298 e. The summed E-state index contributed by atoms with van der Waals surface area (Å²) in [6, 6.07) is 5.72. The zero-order chi connectivity index (χ0) is 47.4. The van der Waals surface area contributed by atoms with Gasteiger partial charge in [0, 0.05) is 43.3 Å². The summed E-state index contributed by atoms with van der Waals surface area (Å²) >= 11 is 0. The minimum Gasteiger partial charge on any atom is -0.390 e. The van der Waals surface area contributed by atoms with E-state index < -0.39 is 43.5 Å². The Morgan fingerprint density at radius 2 is 1.28 bits per heavy atom. The van der Waals surface area contributed by atoms with E-state index in [4.69, 9.17) is 26.3 Å². The molecule has 0 atom stereocenters. The summed E-state index contributed by atoms with van der Waals surface area (Å²) in [6.45, 7) is 15.0. The average Bonchev–Trinajstić information content (AvgIpc) is 4.04. The zero-order valence-corrected chi connectivity index (χ0v) is 42.4. The van der Waals surface area contributed by atoms with Crippen molar-refractivity contribution in [3.8, 4) is 0 Å². The van der Waals surface area contributed by atoms with E-state index >= 15 is 0 Å². The van der Waals surface area contributed by atoms with Crippen LogP contribution in [0.1, 0.15) is 111 Å². The predicted molar refractivity (Wildman–Crippen MR) is 257 cm³/mol. The van der Waals surface area contributed by atoms with Crippen LogP contribution in [-0.2, 0) is 81.9 Å². The fourth-order valence-corrected chi connectivity index (χ4v) is 10.9. The van der Waals surface area contributed by atoms with Gasteiger partial charge in [0.15, 0.2) is 0 Å². The van der Waals surface area contributed by atoms with Gasteiger partial charge in [-0.2, -0.15) is 9.97 Å². The van der Waals surface area contributed by atoms with Gasteiger partial charge in [-0.1, -0.05) is 31.8 Å². The molecule has 65 heavy (non-hydrogen) atoms. The molecular formula is C44H69ClN10O7S2Si. The Labute approximate surface area is 390 Å². The van der Waals surface area contributed by atoms with Gasteiger partial charge < -0.3 is 31.3 Å². The van der Waals surface area contributed by atoms with Crippen LogP contribution in [-0.4, -0.2) is 96.0 Å². The van der Waals surface area contributed by atoms with Crippen molar-refractivity contribution in [1.82, 2.24) is 34.7 Å². The van der Waals surface area contributed by atoms with Crippen LogP contribution in [0.2, 0.25) is 25.7 Å². The zero-order valence-electron chi connectivity index (χ0n) is 39.0. The number of nitrogens with zero attached hydrogens (tertiary/aromatic N) is 5. The molecule has 2 aromatic heterocycles. The second kappa shape index (κ2) is 20.8. The van der Waals surface area contributed by atoms with Crippen LogP contribution < -0.4 is 21.1 Å². The topological polar surface area (TPSA) is 252 Å². The largest absolute Gasteiger partial charge is 0.390 e.